The predicted molar refractivity (Wildman–Crippen MR) is 95.1 cm³/mol. The van der Waals surface area contributed by atoms with Crippen LogP contribution in [-0.4, -0.2) is 32.8 Å². The van der Waals surface area contributed by atoms with Gasteiger partial charge in [-0.1, -0.05) is 35.9 Å². The smallest absolute Gasteiger partial charge is 0.156 e. The Labute approximate surface area is 145 Å². The Kier molecular flexibility index (Phi) is 5.25. The van der Waals surface area contributed by atoms with Crippen LogP contribution in [0.15, 0.2) is 48.5 Å². The monoisotopic (exact) mass is 343 g/mol. The maximum absolute atomic E-state index is 9.72. The minimum atomic E-state index is -0.236. The van der Waals surface area contributed by atoms with Crippen molar-refractivity contribution in [3.8, 4) is 0 Å². The van der Waals surface area contributed by atoms with Crippen molar-refractivity contribution in [2.75, 3.05) is 11.9 Å². The molecular formula is C18H18ClN3O2. The van der Waals surface area contributed by atoms with E-state index in [0.29, 0.717) is 23.1 Å². The van der Waals surface area contributed by atoms with Crippen molar-refractivity contribution in [3.05, 3.63) is 64.9 Å². The number of benzene rings is 2. The Balaban J connectivity index is 1.87. The zero-order valence-corrected chi connectivity index (χ0v) is 13.7. The number of aromatic nitrogens is 2. The lowest BCUT2D eigenvalue weighted by molar-refractivity contribution is 0.270. The summed E-state index contributed by atoms with van der Waals surface area (Å²) in [4.78, 5) is 8.66. The van der Waals surface area contributed by atoms with Crippen LogP contribution in [-0.2, 0) is 13.0 Å². The first-order valence-corrected chi connectivity index (χ1v) is 8.05. The van der Waals surface area contributed by atoms with E-state index in [1.54, 1.807) is 0 Å². The lowest BCUT2D eigenvalue weighted by Crippen LogP contribution is -2.27. The highest BCUT2D eigenvalue weighted by Gasteiger charge is 2.13. The van der Waals surface area contributed by atoms with Gasteiger partial charge >= 0.3 is 0 Å². The molecule has 1 heterocycles. The molecule has 2 aromatic carbocycles. The quantitative estimate of drug-likeness (QED) is 0.641. The zero-order chi connectivity index (χ0) is 16.9. The molecule has 6 heteroatoms. The van der Waals surface area contributed by atoms with Gasteiger partial charge in [0, 0.05) is 10.4 Å². The van der Waals surface area contributed by atoms with Gasteiger partial charge < -0.3 is 15.5 Å². The van der Waals surface area contributed by atoms with E-state index in [1.165, 1.54) is 0 Å². The average molecular weight is 344 g/mol. The fourth-order valence-corrected chi connectivity index (χ4v) is 2.69. The molecule has 0 aliphatic heterocycles. The number of hydrogen-bond acceptors (Lipinski definition) is 5. The number of aliphatic hydroxyl groups excluding tert-OH is 2. The molecule has 0 saturated heterocycles. The number of fused-ring (bicyclic) bond motifs is 1. The molecule has 0 spiro atoms. The Morgan fingerprint density at radius 3 is 2.46 bits per heavy atom. The molecule has 0 unspecified atom stereocenters. The molecule has 0 aliphatic carbocycles. The second kappa shape index (κ2) is 7.57. The molecule has 3 rings (SSSR count). The normalized spacial score (nSPS) is 12.3. The van der Waals surface area contributed by atoms with Gasteiger partial charge in [0.25, 0.3) is 0 Å². The maximum Gasteiger partial charge on any atom is 0.156 e. The van der Waals surface area contributed by atoms with Gasteiger partial charge in [-0.05, 0) is 36.2 Å². The van der Waals surface area contributed by atoms with Gasteiger partial charge in [0.05, 0.1) is 18.2 Å². The number of hydrogen-bond donors (Lipinski definition) is 3. The first kappa shape index (κ1) is 16.6. The summed E-state index contributed by atoms with van der Waals surface area (Å²) < 4.78 is 0. The number of rotatable bonds is 6. The third-order valence-electron chi connectivity index (χ3n) is 3.75. The van der Waals surface area contributed by atoms with Crippen molar-refractivity contribution in [3.63, 3.8) is 0 Å². The number of anilines is 1. The lowest BCUT2D eigenvalue weighted by atomic mass is 10.1. The number of aliphatic hydroxyl groups is 2. The number of para-hydroxylation sites is 1. The standard InChI is InChI=1S/C18H18ClN3O2/c19-13-7-5-12(6-8-13)9-14(10-23)20-18-15-3-1-2-4-16(15)21-17(11-24)22-18/h1-8,14,23-24H,9-11H2,(H,20,21,22)/t14-/m1/s1. The van der Waals surface area contributed by atoms with Crippen LogP contribution in [0.25, 0.3) is 10.9 Å². The van der Waals surface area contributed by atoms with Crippen molar-refractivity contribution < 1.29 is 10.2 Å². The Hall–Kier alpha value is -2.21. The summed E-state index contributed by atoms with van der Waals surface area (Å²) in [6.45, 7) is -0.282. The number of nitrogens with zero attached hydrogens (tertiary/aromatic N) is 2. The first-order chi connectivity index (χ1) is 11.7. The van der Waals surface area contributed by atoms with Crippen molar-refractivity contribution in [1.29, 1.82) is 0 Å². The van der Waals surface area contributed by atoms with E-state index in [-0.39, 0.29) is 19.3 Å². The van der Waals surface area contributed by atoms with E-state index in [9.17, 15) is 10.2 Å². The Morgan fingerprint density at radius 1 is 1.00 bits per heavy atom. The topological polar surface area (TPSA) is 78.3 Å². The van der Waals surface area contributed by atoms with Gasteiger partial charge in [-0.3, -0.25) is 0 Å². The van der Waals surface area contributed by atoms with Crippen molar-refractivity contribution in [2.24, 2.45) is 0 Å². The molecule has 0 amide bonds. The fraction of sp³-hybridized carbons (Fsp3) is 0.222. The van der Waals surface area contributed by atoms with Crippen LogP contribution in [0.1, 0.15) is 11.4 Å². The molecular weight excluding hydrogens is 326 g/mol. The molecule has 3 N–H and O–H groups in total. The van der Waals surface area contributed by atoms with Crippen LogP contribution in [0.4, 0.5) is 5.82 Å². The summed E-state index contributed by atoms with van der Waals surface area (Å²) in [6.07, 6.45) is 0.625. The molecule has 0 bridgehead atoms. The summed E-state index contributed by atoms with van der Waals surface area (Å²) in [5.74, 6) is 0.956. The van der Waals surface area contributed by atoms with Crippen LogP contribution in [0.2, 0.25) is 5.02 Å². The summed E-state index contributed by atoms with van der Waals surface area (Å²) in [5, 5.41) is 23.9. The van der Waals surface area contributed by atoms with E-state index in [2.05, 4.69) is 15.3 Å². The summed E-state index contributed by atoms with van der Waals surface area (Å²) in [5.41, 5.74) is 1.81. The molecule has 0 aliphatic rings. The minimum Gasteiger partial charge on any atom is -0.394 e. The van der Waals surface area contributed by atoms with Crippen LogP contribution in [0.5, 0.6) is 0 Å². The van der Waals surface area contributed by atoms with Gasteiger partial charge in [-0.2, -0.15) is 0 Å². The van der Waals surface area contributed by atoms with Gasteiger partial charge in [-0.25, -0.2) is 9.97 Å². The van der Waals surface area contributed by atoms with E-state index in [0.717, 1.165) is 16.5 Å². The Morgan fingerprint density at radius 2 is 1.75 bits per heavy atom. The molecule has 24 heavy (non-hydrogen) atoms. The van der Waals surface area contributed by atoms with E-state index in [1.807, 2.05) is 48.5 Å². The first-order valence-electron chi connectivity index (χ1n) is 7.68. The third kappa shape index (κ3) is 3.82. The number of nitrogens with one attached hydrogen (secondary N) is 1. The van der Waals surface area contributed by atoms with Crippen LogP contribution >= 0.6 is 11.6 Å². The summed E-state index contributed by atoms with van der Waals surface area (Å²) in [6, 6.07) is 14.9. The van der Waals surface area contributed by atoms with E-state index in [4.69, 9.17) is 11.6 Å². The average Bonchev–Trinajstić information content (AvgIpc) is 2.62. The summed E-state index contributed by atoms with van der Waals surface area (Å²) >= 11 is 5.90. The lowest BCUT2D eigenvalue weighted by Gasteiger charge is -2.18. The SMILES string of the molecule is OCc1nc(N[C@@H](CO)Cc2ccc(Cl)cc2)c2ccccc2n1. The van der Waals surface area contributed by atoms with Gasteiger partial charge in [-0.15, -0.1) is 0 Å². The second-order valence-corrected chi connectivity index (χ2v) is 5.95. The Bertz CT molecular complexity index is 824. The van der Waals surface area contributed by atoms with E-state index < -0.39 is 0 Å². The van der Waals surface area contributed by atoms with Crippen LogP contribution in [0.3, 0.4) is 0 Å². The van der Waals surface area contributed by atoms with Gasteiger partial charge in [0.1, 0.15) is 12.4 Å². The largest absolute Gasteiger partial charge is 0.394 e. The summed E-state index contributed by atoms with van der Waals surface area (Å²) in [7, 11) is 0. The zero-order valence-electron chi connectivity index (χ0n) is 13.0. The molecule has 3 aromatic rings. The van der Waals surface area contributed by atoms with E-state index >= 15 is 0 Å². The van der Waals surface area contributed by atoms with Gasteiger partial charge in [0.15, 0.2) is 5.82 Å². The maximum atomic E-state index is 9.72. The molecule has 0 fully saturated rings. The molecule has 1 aromatic heterocycles. The minimum absolute atomic E-state index is 0.0462. The fourth-order valence-electron chi connectivity index (χ4n) is 2.57. The second-order valence-electron chi connectivity index (χ2n) is 5.52. The highest BCUT2D eigenvalue weighted by molar-refractivity contribution is 6.30. The van der Waals surface area contributed by atoms with Crippen molar-refractivity contribution in [1.82, 2.24) is 9.97 Å². The molecule has 0 saturated carbocycles. The van der Waals surface area contributed by atoms with Crippen molar-refractivity contribution in [2.45, 2.75) is 19.1 Å². The molecule has 1 atom stereocenters. The predicted octanol–water partition coefficient (Wildman–Crippen LogP) is 2.79. The highest BCUT2D eigenvalue weighted by Crippen LogP contribution is 2.21. The molecule has 0 radical (unpaired) electrons. The third-order valence-corrected chi connectivity index (χ3v) is 4.00. The van der Waals surface area contributed by atoms with Crippen molar-refractivity contribution >= 4 is 28.3 Å². The number of halogens is 1. The molecule has 5 nitrogen and oxygen atoms in total. The van der Waals surface area contributed by atoms with Crippen LogP contribution in [0, 0.1) is 0 Å². The molecule has 124 valence electrons. The van der Waals surface area contributed by atoms with Gasteiger partial charge in [0.2, 0.25) is 0 Å². The van der Waals surface area contributed by atoms with Crippen LogP contribution < -0.4 is 5.32 Å². The highest BCUT2D eigenvalue weighted by atomic mass is 35.5.